The summed E-state index contributed by atoms with van der Waals surface area (Å²) in [6.45, 7) is 0.399. The lowest BCUT2D eigenvalue weighted by molar-refractivity contribution is 0.0603. The molecule has 4 aromatic rings. The molecule has 0 atom stereocenters. The summed E-state index contributed by atoms with van der Waals surface area (Å²) in [5, 5.41) is 2.11. The largest absolute Gasteiger partial charge is 0.465 e. The van der Waals surface area contributed by atoms with E-state index in [1.807, 2.05) is 36.4 Å². The van der Waals surface area contributed by atoms with Crippen molar-refractivity contribution in [1.29, 1.82) is 0 Å². The number of para-hydroxylation sites is 1. The molecule has 0 bridgehead atoms. The topological polar surface area (TPSA) is 61.2 Å². The predicted molar refractivity (Wildman–Crippen MR) is 99.4 cm³/mol. The summed E-state index contributed by atoms with van der Waals surface area (Å²) >= 11 is 0. The van der Waals surface area contributed by atoms with E-state index in [2.05, 4.69) is 0 Å². The van der Waals surface area contributed by atoms with E-state index in [-0.39, 0.29) is 5.56 Å². The molecule has 0 saturated heterocycles. The van der Waals surface area contributed by atoms with Crippen molar-refractivity contribution in [3.8, 4) is 11.4 Å². The van der Waals surface area contributed by atoms with Crippen LogP contribution in [0, 0.1) is 0 Å². The van der Waals surface area contributed by atoms with Crippen molar-refractivity contribution in [2.75, 3.05) is 7.11 Å². The van der Waals surface area contributed by atoms with Gasteiger partial charge in [-0.1, -0.05) is 36.4 Å². The summed E-state index contributed by atoms with van der Waals surface area (Å²) < 4.78 is 6.66. The van der Waals surface area contributed by atoms with Crippen molar-refractivity contribution < 1.29 is 9.53 Å². The quantitative estimate of drug-likeness (QED) is 0.438. The number of carbonyl (C=O) groups excluding carboxylic acids is 1. The van der Waals surface area contributed by atoms with E-state index < -0.39 is 5.97 Å². The van der Waals surface area contributed by atoms with Crippen molar-refractivity contribution in [2.24, 2.45) is 0 Å². The number of fused-ring (bicyclic) bond motifs is 5. The van der Waals surface area contributed by atoms with Gasteiger partial charge in [0.2, 0.25) is 0 Å². The predicted octanol–water partition coefficient (Wildman–Crippen LogP) is 3.37. The van der Waals surface area contributed by atoms with Gasteiger partial charge in [0.25, 0.3) is 5.56 Å². The average molecular weight is 342 g/mol. The lowest BCUT2D eigenvalue weighted by Gasteiger charge is -2.12. The van der Waals surface area contributed by atoms with Gasteiger partial charge < -0.3 is 9.30 Å². The van der Waals surface area contributed by atoms with Crippen LogP contribution in [-0.4, -0.2) is 22.6 Å². The first-order valence-corrected chi connectivity index (χ1v) is 8.32. The first-order chi connectivity index (χ1) is 12.7. The van der Waals surface area contributed by atoms with Gasteiger partial charge in [0, 0.05) is 21.7 Å². The number of pyridine rings is 2. The molecule has 5 nitrogen and oxygen atoms in total. The molecule has 2 aromatic heterocycles. The average Bonchev–Trinajstić information content (AvgIpc) is 3.04. The van der Waals surface area contributed by atoms with Crippen LogP contribution in [-0.2, 0) is 11.3 Å². The van der Waals surface area contributed by atoms with E-state index in [1.54, 1.807) is 22.8 Å². The monoisotopic (exact) mass is 342 g/mol. The summed E-state index contributed by atoms with van der Waals surface area (Å²) in [7, 11) is 1.35. The van der Waals surface area contributed by atoms with Gasteiger partial charge in [-0.15, -0.1) is 0 Å². The molecule has 0 aliphatic carbocycles. The lowest BCUT2D eigenvalue weighted by atomic mass is 10.0. The fourth-order valence-electron chi connectivity index (χ4n) is 3.76. The molecule has 0 fully saturated rings. The van der Waals surface area contributed by atoms with E-state index >= 15 is 0 Å². The first kappa shape index (κ1) is 14.8. The Balaban J connectivity index is 1.96. The van der Waals surface area contributed by atoms with E-state index in [0.717, 1.165) is 16.5 Å². The molecule has 1 aliphatic heterocycles. The van der Waals surface area contributed by atoms with Gasteiger partial charge >= 0.3 is 5.97 Å². The van der Waals surface area contributed by atoms with Gasteiger partial charge in [0.15, 0.2) is 0 Å². The zero-order valence-electron chi connectivity index (χ0n) is 14.0. The van der Waals surface area contributed by atoms with Crippen LogP contribution in [0.4, 0.5) is 0 Å². The number of rotatable bonds is 1. The highest BCUT2D eigenvalue weighted by Gasteiger charge is 2.30. The fraction of sp³-hybridized carbons (Fsp3) is 0.0952. The van der Waals surface area contributed by atoms with Crippen molar-refractivity contribution in [3.05, 3.63) is 76.1 Å². The third-order valence-corrected chi connectivity index (χ3v) is 4.92. The first-order valence-electron chi connectivity index (χ1n) is 8.32. The second-order valence-corrected chi connectivity index (χ2v) is 6.34. The molecule has 1 aliphatic rings. The van der Waals surface area contributed by atoms with Crippen LogP contribution in [0.1, 0.15) is 15.9 Å². The van der Waals surface area contributed by atoms with Gasteiger partial charge in [0.1, 0.15) is 0 Å². The smallest absolute Gasteiger partial charge is 0.340 e. The Kier molecular flexibility index (Phi) is 3.00. The second-order valence-electron chi connectivity index (χ2n) is 6.34. The number of esters is 1. The highest BCUT2D eigenvalue weighted by atomic mass is 16.5. The van der Waals surface area contributed by atoms with Crippen LogP contribution in [0.15, 0.2) is 59.4 Å². The van der Waals surface area contributed by atoms with Crippen molar-refractivity contribution in [3.63, 3.8) is 0 Å². The number of methoxy groups -OCH3 is 1. The van der Waals surface area contributed by atoms with Gasteiger partial charge in [0.05, 0.1) is 36.1 Å². The molecule has 0 saturated carbocycles. The maximum atomic E-state index is 13.0. The Labute approximate surface area is 148 Å². The zero-order chi connectivity index (χ0) is 17.8. The number of benzene rings is 2. The lowest BCUT2D eigenvalue weighted by Crippen LogP contribution is -2.22. The molecule has 5 heteroatoms. The summed E-state index contributed by atoms with van der Waals surface area (Å²) in [6, 6.07) is 17.0. The van der Waals surface area contributed by atoms with Crippen molar-refractivity contribution >= 4 is 27.6 Å². The molecular weight excluding hydrogens is 328 g/mol. The standard InChI is InChI=1S/C21H14N2O3/c1-26-21(25)17-14-7-3-4-8-15(14)20(24)23-11-13-10-12-6-2-5-9-16(12)22-18(13)19(17)23/h2-10H,11H2,1H3. The van der Waals surface area contributed by atoms with E-state index in [1.165, 1.54) is 7.11 Å². The Morgan fingerprint density at radius 3 is 2.62 bits per heavy atom. The summed E-state index contributed by atoms with van der Waals surface area (Å²) in [4.78, 5) is 30.4. The third kappa shape index (κ3) is 1.88. The van der Waals surface area contributed by atoms with Crippen LogP contribution < -0.4 is 5.56 Å². The Morgan fingerprint density at radius 2 is 1.81 bits per heavy atom. The molecule has 0 spiro atoms. The maximum absolute atomic E-state index is 13.0. The highest BCUT2D eigenvalue weighted by molar-refractivity contribution is 6.09. The maximum Gasteiger partial charge on any atom is 0.340 e. The Hall–Kier alpha value is -3.47. The SMILES string of the molecule is COC(=O)c1c2n(c(=O)c3ccccc13)Cc1cc3ccccc3nc1-2. The molecule has 0 N–H and O–H groups in total. The number of hydrogen-bond donors (Lipinski definition) is 0. The molecule has 0 amide bonds. The number of hydrogen-bond acceptors (Lipinski definition) is 4. The van der Waals surface area contributed by atoms with Gasteiger partial charge in [-0.25, -0.2) is 9.78 Å². The number of aromatic nitrogens is 2. The van der Waals surface area contributed by atoms with Crippen LogP contribution >= 0.6 is 0 Å². The molecule has 0 radical (unpaired) electrons. The van der Waals surface area contributed by atoms with Gasteiger partial charge in [-0.3, -0.25) is 4.79 Å². The summed E-state index contributed by atoms with van der Waals surface area (Å²) in [5.74, 6) is -0.465. The highest BCUT2D eigenvalue weighted by Crippen LogP contribution is 2.36. The van der Waals surface area contributed by atoms with E-state index in [0.29, 0.717) is 34.3 Å². The molecule has 26 heavy (non-hydrogen) atoms. The normalized spacial score (nSPS) is 12.2. The molecule has 0 unspecified atom stereocenters. The minimum Gasteiger partial charge on any atom is -0.465 e. The molecule has 5 rings (SSSR count). The Bertz CT molecular complexity index is 1290. The van der Waals surface area contributed by atoms with Gasteiger partial charge in [-0.05, 0) is 18.2 Å². The fourth-order valence-corrected chi connectivity index (χ4v) is 3.76. The molecule has 2 aromatic carbocycles. The number of carbonyl (C=O) groups is 1. The minimum atomic E-state index is -0.465. The molecular formula is C21H14N2O3. The molecule has 126 valence electrons. The van der Waals surface area contributed by atoms with Crippen LogP contribution in [0.2, 0.25) is 0 Å². The summed E-state index contributed by atoms with van der Waals surface area (Å²) in [6.07, 6.45) is 0. The van der Waals surface area contributed by atoms with Crippen LogP contribution in [0.25, 0.3) is 33.1 Å². The van der Waals surface area contributed by atoms with Crippen molar-refractivity contribution in [2.45, 2.75) is 6.54 Å². The minimum absolute atomic E-state index is 0.120. The second kappa shape index (κ2) is 5.26. The zero-order valence-corrected chi connectivity index (χ0v) is 14.0. The van der Waals surface area contributed by atoms with Crippen molar-refractivity contribution in [1.82, 2.24) is 9.55 Å². The third-order valence-electron chi connectivity index (χ3n) is 4.92. The number of ether oxygens (including phenoxy) is 1. The van der Waals surface area contributed by atoms with E-state index in [9.17, 15) is 9.59 Å². The van der Waals surface area contributed by atoms with Crippen LogP contribution in [0.5, 0.6) is 0 Å². The Morgan fingerprint density at radius 1 is 1.08 bits per heavy atom. The molecule has 3 heterocycles. The number of nitrogens with zero attached hydrogens (tertiary/aromatic N) is 2. The summed E-state index contributed by atoms with van der Waals surface area (Å²) in [5.41, 5.74) is 3.25. The van der Waals surface area contributed by atoms with E-state index in [4.69, 9.17) is 9.72 Å². The van der Waals surface area contributed by atoms with Gasteiger partial charge in [-0.2, -0.15) is 0 Å². The van der Waals surface area contributed by atoms with Crippen LogP contribution in [0.3, 0.4) is 0 Å².